The fourth-order valence-corrected chi connectivity index (χ4v) is 2.93. The van der Waals surface area contributed by atoms with Crippen LogP contribution in [-0.4, -0.2) is 38.1 Å². The van der Waals surface area contributed by atoms with Gasteiger partial charge in [0, 0.05) is 0 Å². The lowest BCUT2D eigenvalue weighted by Gasteiger charge is -2.21. The van der Waals surface area contributed by atoms with Crippen molar-refractivity contribution in [1.29, 1.82) is 0 Å². The average Bonchev–Trinajstić information content (AvgIpc) is 3.15. The minimum Gasteiger partial charge on any atom is -0.337 e. The largest absolute Gasteiger partial charge is 0.337 e. The second kappa shape index (κ2) is 6.06. The first-order valence-corrected chi connectivity index (χ1v) is 7.39. The van der Waals surface area contributed by atoms with Gasteiger partial charge in [-0.3, -0.25) is 0 Å². The van der Waals surface area contributed by atoms with Gasteiger partial charge in [0.05, 0.1) is 23.3 Å². The van der Waals surface area contributed by atoms with E-state index in [0.717, 1.165) is 48.5 Å². The molecule has 1 aromatic carbocycles. The van der Waals surface area contributed by atoms with E-state index in [2.05, 4.69) is 38.6 Å². The number of piperidine rings is 1. The number of para-hydroxylation sites is 1. The summed E-state index contributed by atoms with van der Waals surface area (Å²) in [5, 5.41) is 11.9. The first-order chi connectivity index (χ1) is 10.3. The van der Waals surface area contributed by atoms with Crippen molar-refractivity contribution in [3.05, 3.63) is 30.0 Å². The van der Waals surface area contributed by atoms with Crippen LogP contribution in [0.15, 0.2) is 24.4 Å². The molecule has 0 radical (unpaired) electrons. The van der Waals surface area contributed by atoms with Crippen LogP contribution in [0.4, 0.5) is 0 Å². The predicted molar refractivity (Wildman–Crippen MR) is 88.2 cm³/mol. The molecule has 2 N–H and O–H groups in total. The Balaban J connectivity index is 0.00000144. The fraction of sp³-hybridized carbons (Fsp3) is 0.400. The molecule has 3 heterocycles. The van der Waals surface area contributed by atoms with Crippen molar-refractivity contribution in [3.63, 3.8) is 0 Å². The minimum atomic E-state index is 0. The smallest absolute Gasteiger partial charge is 0.160 e. The van der Waals surface area contributed by atoms with E-state index < -0.39 is 0 Å². The molecule has 0 spiro atoms. The number of aryl methyl sites for hydroxylation is 1. The zero-order valence-electron chi connectivity index (χ0n) is 12.4. The molecule has 0 amide bonds. The first-order valence-electron chi connectivity index (χ1n) is 7.39. The second-order valence-electron chi connectivity index (χ2n) is 5.62. The van der Waals surface area contributed by atoms with E-state index in [9.17, 15) is 0 Å². The number of rotatable bonds is 2. The summed E-state index contributed by atoms with van der Waals surface area (Å²) in [5.74, 6) is 0.791. The van der Waals surface area contributed by atoms with Crippen LogP contribution in [0.1, 0.15) is 24.4 Å². The highest BCUT2D eigenvalue weighted by Crippen LogP contribution is 2.23. The van der Waals surface area contributed by atoms with E-state index in [4.69, 9.17) is 0 Å². The molecule has 0 atom stereocenters. The van der Waals surface area contributed by atoms with Gasteiger partial charge >= 0.3 is 0 Å². The van der Waals surface area contributed by atoms with Crippen molar-refractivity contribution >= 4 is 23.4 Å². The van der Waals surface area contributed by atoms with E-state index in [0.29, 0.717) is 6.04 Å². The number of fused-ring (bicyclic) bond motifs is 1. The summed E-state index contributed by atoms with van der Waals surface area (Å²) in [4.78, 5) is 7.99. The molecule has 7 heteroatoms. The van der Waals surface area contributed by atoms with Crippen LogP contribution in [-0.2, 0) is 0 Å². The number of imidazole rings is 1. The molecule has 1 aliphatic rings. The zero-order valence-corrected chi connectivity index (χ0v) is 13.2. The van der Waals surface area contributed by atoms with Gasteiger partial charge in [0.1, 0.15) is 5.69 Å². The highest BCUT2D eigenvalue weighted by Gasteiger charge is 2.18. The third kappa shape index (κ3) is 2.60. The summed E-state index contributed by atoms with van der Waals surface area (Å²) in [7, 11) is 0. The number of benzene rings is 1. The van der Waals surface area contributed by atoms with Crippen LogP contribution < -0.4 is 5.32 Å². The summed E-state index contributed by atoms with van der Waals surface area (Å²) in [5.41, 5.74) is 4.02. The molecule has 4 rings (SSSR count). The summed E-state index contributed by atoms with van der Waals surface area (Å²) < 4.78 is 1.98. The fourth-order valence-electron chi connectivity index (χ4n) is 2.93. The van der Waals surface area contributed by atoms with Crippen molar-refractivity contribution in [1.82, 2.24) is 30.3 Å². The van der Waals surface area contributed by atoms with E-state index in [-0.39, 0.29) is 12.4 Å². The maximum absolute atomic E-state index is 4.66. The molecule has 1 aliphatic heterocycles. The highest BCUT2D eigenvalue weighted by atomic mass is 35.5. The highest BCUT2D eigenvalue weighted by molar-refractivity contribution is 5.85. The van der Waals surface area contributed by atoms with E-state index >= 15 is 0 Å². The van der Waals surface area contributed by atoms with Crippen molar-refractivity contribution < 1.29 is 0 Å². The number of halogens is 1. The minimum absolute atomic E-state index is 0. The van der Waals surface area contributed by atoms with Crippen molar-refractivity contribution in [3.8, 4) is 11.5 Å². The molecule has 116 valence electrons. The van der Waals surface area contributed by atoms with E-state index in [1.807, 2.05) is 23.0 Å². The van der Waals surface area contributed by atoms with E-state index in [1.165, 1.54) is 5.56 Å². The van der Waals surface area contributed by atoms with Crippen LogP contribution in [0.3, 0.4) is 0 Å². The Labute approximate surface area is 134 Å². The van der Waals surface area contributed by atoms with Crippen LogP contribution >= 0.6 is 12.4 Å². The normalized spacial score (nSPS) is 15.9. The molecule has 6 nitrogen and oxygen atoms in total. The molecular weight excluding hydrogens is 300 g/mol. The van der Waals surface area contributed by atoms with Crippen LogP contribution in [0.5, 0.6) is 0 Å². The molecule has 2 aromatic heterocycles. The predicted octanol–water partition coefficient (Wildman–Crippen LogP) is 2.48. The van der Waals surface area contributed by atoms with Crippen molar-refractivity contribution in [2.75, 3.05) is 13.1 Å². The Kier molecular flexibility index (Phi) is 4.13. The maximum atomic E-state index is 4.66. The quantitative estimate of drug-likeness (QED) is 0.761. The summed E-state index contributed by atoms with van der Waals surface area (Å²) >= 11 is 0. The van der Waals surface area contributed by atoms with Crippen LogP contribution in [0.25, 0.3) is 22.6 Å². The topological polar surface area (TPSA) is 71.4 Å². The molecule has 0 unspecified atom stereocenters. The molecule has 0 saturated carbocycles. The van der Waals surface area contributed by atoms with Gasteiger partial charge < -0.3 is 10.3 Å². The number of nitrogens with one attached hydrogen (secondary N) is 2. The number of aromatic amines is 1. The number of nitrogens with zero attached hydrogens (tertiary/aromatic N) is 4. The Hall–Kier alpha value is -1.92. The lowest BCUT2D eigenvalue weighted by Crippen LogP contribution is -2.29. The van der Waals surface area contributed by atoms with Gasteiger partial charge in [0.15, 0.2) is 5.82 Å². The third-order valence-electron chi connectivity index (χ3n) is 4.15. The van der Waals surface area contributed by atoms with Gasteiger partial charge in [-0.25, -0.2) is 9.67 Å². The molecule has 1 fully saturated rings. The number of aromatic nitrogens is 5. The molecule has 3 aromatic rings. The maximum Gasteiger partial charge on any atom is 0.160 e. The lowest BCUT2D eigenvalue weighted by molar-refractivity contribution is 0.337. The van der Waals surface area contributed by atoms with Gasteiger partial charge in [0.2, 0.25) is 0 Å². The Morgan fingerprint density at radius 1 is 1.23 bits per heavy atom. The summed E-state index contributed by atoms with van der Waals surface area (Å²) in [6, 6.07) is 6.58. The summed E-state index contributed by atoms with van der Waals surface area (Å²) in [6.45, 7) is 4.16. The molecule has 22 heavy (non-hydrogen) atoms. The third-order valence-corrected chi connectivity index (χ3v) is 4.15. The van der Waals surface area contributed by atoms with Gasteiger partial charge in [-0.05, 0) is 44.5 Å². The van der Waals surface area contributed by atoms with Gasteiger partial charge in [-0.1, -0.05) is 17.3 Å². The SMILES string of the molecule is Cc1cccc2[nH]c(-c3cn(C4CCNCC4)nn3)nc12.Cl. The van der Waals surface area contributed by atoms with Gasteiger partial charge in [-0.2, -0.15) is 0 Å². The number of H-pyrrole nitrogens is 1. The van der Waals surface area contributed by atoms with Crippen LogP contribution in [0, 0.1) is 6.92 Å². The van der Waals surface area contributed by atoms with Gasteiger partial charge in [0.25, 0.3) is 0 Å². The molecule has 0 aliphatic carbocycles. The monoisotopic (exact) mass is 318 g/mol. The summed E-state index contributed by atoms with van der Waals surface area (Å²) in [6.07, 6.45) is 4.20. The average molecular weight is 319 g/mol. The number of hydrogen-bond acceptors (Lipinski definition) is 4. The number of hydrogen-bond donors (Lipinski definition) is 2. The molecule has 0 bridgehead atoms. The first kappa shape index (κ1) is 15.0. The molecular formula is C15H19ClN6. The Bertz CT molecular complexity index is 771. The van der Waals surface area contributed by atoms with Crippen molar-refractivity contribution in [2.24, 2.45) is 0 Å². The standard InChI is InChI=1S/C15H18N6.ClH/c1-10-3-2-4-12-14(10)18-15(17-12)13-9-21(20-19-13)11-5-7-16-8-6-11;/h2-4,9,11,16H,5-8H2,1H3,(H,17,18);1H. The van der Waals surface area contributed by atoms with E-state index in [1.54, 1.807) is 0 Å². The second-order valence-corrected chi connectivity index (χ2v) is 5.62. The van der Waals surface area contributed by atoms with Crippen LogP contribution in [0.2, 0.25) is 0 Å². The van der Waals surface area contributed by atoms with Gasteiger partial charge in [-0.15, -0.1) is 17.5 Å². The molecule has 1 saturated heterocycles. The Morgan fingerprint density at radius 2 is 2.05 bits per heavy atom. The lowest BCUT2D eigenvalue weighted by atomic mass is 10.1. The zero-order chi connectivity index (χ0) is 14.2. The Morgan fingerprint density at radius 3 is 2.82 bits per heavy atom. The van der Waals surface area contributed by atoms with Crippen molar-refractivity contribution in [2.45, 2.75) is 25.8 Å².